The molecule has 2 aromatic carbocycles. The van der Waals surface area contributed by atoms with E-state index in [1.807, 2.05) is 43.4 Å². The number of benzene rings is 2. The summed E-state index contributed by atoms with van der Waals surface area (Å²) in [5.74, 6) is 1.21. The van der Waals surface area contributed by atoms with Crippen molar-refractivity contribution in [3.05, 3.63) is 54.1 Å². The van der Waals surface area contributed by atoms with Crippen LogP contribution in [0.3, 0.4) is 0 Å². The fraction of sp³-hybridized carbons (Fsp3) is 0.391. The fourth-order valence-electron chi connectivity index (χ4n) is 3.58. The van der Waals surface area contributed by atoms with Crippen molar-refractivity contribution in [1.82, 2.24) is 9.80 Å². The number of carbonyl (C=O) groups excluding carboxylic acids is 1. The SMILES string of the molecule is CN(Cc1ccccc1N1CCN(C(=O)O)CC1)C(=O)CCCSc1ccc(O)cc1. The van der Waals surface area contributed by atoms with Crippen LogP contribution in [0.1, 0.15) is 18.4 Å². The van der Waals surface area contributed by atoms with Crippen LogP contribution in [0.25, 0.3) is 0 Å². The summed E-state index contributed by atoms with van der Waals surface area (Å²) in [4.78, 5) is 30.2. The highest BCUT2D eigenvalue weighted by Crippen LogP contribution is 2.24. The maximum Gasteiger partial charge on any atom is 0.407 e. The number of carbonyl (C=O) groups is 2. The van der Waals surface area contributed by atoms with Crippen molar-refractivity contribution < 1.29 is 19.8 Å². The third kappa shape index (κ3) is 6.55. The zero-order valence-electron chi connectivity index (χ0n) is 17.7. The van der Waals surface area contributed by atoms with E-state index in [1.165, 1.54) is 4.90 Å². The Morgan fingerprint density at radius 2 is 1.71 bits per heavy atom. The van der Waals surface area contributed by atoms with Crippen LogP contribution in [0.4, 0.5) is 10.5 Å². The predicted molar refractivity (Wildman–Crippen MR) is 123 cm³/mol. The molecule has 1 aliphatic rings. The summed E-state index contributed by atoms with van der Waals surface area (Å²) in [6.07, 6.45) is 0.399. The number of thioether (sulfide) groups is 1. The second kappa shape index (κ2) is 10.9. The second-order valence-electron chi connectivity index (χ2n) is 7.58. The van der Waals surface area contributed by atoms with Gasteiger partial charge in [0.25, 0.3) is 0 Å². The summed E-state index contributed by atoms with van der Waals surface area (Å²) in [6, 6.07) is 15.1. The molecule has 8 heteroatoms. The van der Waals surface area contributed by atoms with E-state index in [2.05, 4.69) is 4.90 Å². The van der Waals surface area contributed by atoms with Crippen molar-refractivity contribution in [1.29, 1.82) is 0 Å². The maximum absolute atomic E-state index is 12.6. The number of para-hydroxylation sites is 1. The van der Waals surface area contributed by atoms with Crippen molar-refractivity contribution >= 4 is 29.4 Å². The molecule has 7 nitrogen and oxygen atoms in total. The van der Waals surface area contributed by atoms with Gasteiger partial charge >= 0.3 is 6.09 Å². The molecule has 1 heterocycles. The number of phenols is 1. The highest BCUT2D eigenvalue weighted by Gasteiger charge is 2.22. The number of phenolic OH excluding ortho intramolecular Hbond substituents is 1. The highest BCUT2D eigenvalue weighted by atomic mass is 32.2. The van der Waals surface area contributed by atoms with Crippen LogP contribution >= 0.6 is 11.8 Å². The fourth-order valence-corrected chi connectivity index (χ4v) is 4.43. The average Bonchev–Trinajstić information content (AvgIpc) is 2.78. The van der Waals surface area contributed by atoms with E-state index >= 15 is 0 Å². The van der Waals surface area contributed by atoms with Crippen LogP contribution in [0, 0.1) is 0 Å². The molecule has 2 N–H and O–H groups in total. The third-order valence-corrected chi connectivity index (χ3v) is 6.45. The largest absolute Gasteiger partial charge is 0.508 e. The highest BCUT2D eigenvalue weighted by molar-refractivity contribution is 7.99. The van der Waals surface area contributed by atoms with Gasteiger partial charge in [-0.05, 0) is 48.1 Å². The molecule has 31 heavy (non-hydrogen) atoms. The minimum Gasteiger partial charge on any atom is -0.508 e. The lowest BCUT2D eigenvalue weighted by Crippen LogP contribution is -2.48. The van der Waals surface area contributed by atoms with Gasteiger partial charge in [-0.3, -0.25) is 4.79 Å². The summed E-state index contributed by atoms with van der Waals surface area (Å²) in [7, 11) is 1.83. The Bertz CT molecular complexity index is 883. The molecular formula is C23H29N3O4S. The molecule has 0 radical (unpaired) electrons. The molecule has 2 aromatic rings. The lowest BCUT2D eigenvalue weighted by Gasteiger charge is -2.36. The molecule has 166 valence electrons. The molecule has 0 spiro atoms. The van der Waals surface area contributed by atoms with Crippen LogP contribution < -0.4 is 4.90 Å². The van der Waals surface area contributed by atoms with Gasteiger partial charge in [-0.2, -0.15) is 0 Å². The molecule has 1 saturated heterocycles. The minimum atomic E-state index is -0.873. The summed E-state index contributed by atoms with van der Waals surface area (Å²) in [6.45, 7) is 2.79. The molecule has 0 bridgehead atoms. The van der Waals surface area contributed by atoms with Crippen LogP contribution in [0.15, 0.2) is 53.4 Å². The van der Waals surface area contributed by atoms with E-state index in [0.29, 0.717) is 39.1 Å². The Kier molecular flexibility index (Phi) is 8.06. The van der Waals surface area contributed by atoms with Gasteiger partial charge < -0.3 is 24.9 Å². The van der Waals surface area contributed by atoms with Gasteiger partial charge in [-0.15, -0.1) is 11.8 Å². The van der Waals surface area contributed by atoms with Gasteiger partial charge in [0.2, 0.25) is 5.91 Å². The summed E-state index contributed by atoms with van der Waals surface area (Å²) in [5, 5.41) is 18.5. The third-order valence-electron chi connectivity index (χ3n) is 5.36. The second-order valence-corrected chi connectivity index (χ2v) is 8.75. The number of amides is 2. The van der Waals surface area contributed by atoms with Crippen molar-refractivity contribution in [2.75, 3.05) is 43.9 Å². The van der Waals surface area contributed by atoms with Crippen molar-refractivity contribution in [3.63, 3.8) is 0 Å². The van der Waals surface area contributed by atoms with Gasteiger partial charge in [0, 0.05) is 56.8 Å². The first-order valence-corrected chi connectivity index (χ1v) is 11.4. The van der Waals surface area contributed by atoms with E-state index < -0.39 is 6.09 Å². The van der Waals surface area contributed by atoms with E-state index in [9.17, 15) is 14.7 Å². The maximum atomic E-state index is 12.6. The number of rotatable bonds is 8. The number of piperazine rings is 1. The van der Waals surface area contributed by atoms with Gasteiger partial charge in [0.05, 0.1) is 0 Å². The number of hydrogen-bond acceptors (Lipinski definition) is 5. The minimum absolute atomic E-state index is 0.108. The Morgan fingerprint density at radius 1 is 1.03 bits per heavy atom. The summed E-state index contributed by atoms with van der Waals surface area (Å²) >= 11 is 1.68. The normalized spacial score (nSPS) is 13.8. The molecule has 2 amide bonds. The van der Waals surface area contributed by atoms with Crippen LogP contribution in [-0.2, 0) is 11.3 Å². The Morgan fingerprint density at radius 3 is 2.39 bits per heavy atom. The van der Waals surface area contributed by atoms with Crippen molar-refractivity contribution in [2.45, 2.75) is 24.3 Å². The molecule has 1 fully saturated rings. The standard InChI is InChI=1S/C23H29N3O4S/c1-24(22(28)7-4-16-31-20-10-8-19(27)9-11-20)17-18-5-2-3-6-21(18)25-12-14-26(15-13-25)23(29)30/h2-3,5-6,8-11,27H,4,7,12-17H2,1H3,(H,29,30). The Labute approximate surface area is 187 Å². The molecule has 0 atom stereocenters. The molecule has 0 aromatic heterocycles. The van der Waals surface area contributed by atoms with Crippen LogP contribution in [0.2, 0.25) is 0 Å². The van der Waals surface area contributed by atoms with Gasteiger partial charge in [0.1, 0.15) is 5.75 Å². The summed E-state index contributed by atoms with van der Waals surface area (Å²) in [5.41, 5.74) is 2.13. The summed E-state index contributed by atoms with van der Waals surface area (Å²) < 4.78 is 0. The predicted octanol–water partition coefficient (Wildman–Crippen LogP) is 3.72. The zero-order chi connectivity index (χ0) is 22.2. The topological polar surface area (TPSA) is 84.3 Å². The van der Waals surface area contributed by atoms with Gasteiger partial charge in [-0.25, -0.2) is 4.79 Å². The number of aromatic hydroxyl groups is 1. The van der Waals surface area contributed by atoms with Gasteiger partial charge in [0.15, 0.2) is 0 Å². The zero-order valence-corrected chi connectivity index (χ0v) is 18.6. The lowest BCUT2D eigenvalue weighted by atomic mass is 10.1. The first kappa shape index (κ1) is 22.8. The van der Waals surface area contributed by atoms with Crippen LogP contribution in [0.5, 0.6) is 5.75 Å². The number of nitrogens with zero attached hydrogens (tertiary/aromatic N) is 3. The molecule has 0 saturated carbocycles. The van der Waals surface area contributed by atoms with Crippen molar-refractivity contribution in [3.8, 4) is 5.75 Å². The Balaban J connectivity index is 1.48. The monoisotopic (exact) mass is 443 g/mol. The smallest absolute Gasteiger partial charge is 0.407 e. The molecule has 3 rings (SSSR count). The molecular weight excluding hydrogens is 414 g/mol. The number of hydrogen-bond donors (Lipinski definition) is 2. The van der Waals surface area contributed by atoms with Crippen molar-refractivity contribution in [2.24, 2.45) is 0 Å². The average molecular weight is 444 g/mol. The first-order valence-electron chi connectivity index (χ1n) is 10.4. The number of carboxylic acid groups (broad SMARTS) is 1. The lowest BCUT2D eigenvalue weighted by molar-refractivity contribution is -0.130. The van der Waals surface area contributed by atoms with Gasteiger partial charge in [-0.1, -0.05) is 18.2 Å². The molecule has 0 unspecified atom stereocenters. The van der Waals surface area contributed by atoms with E-state index in [-0.39, 0.29) is 11.7 Å². The van der Waals surface area contributed by atoms with E-state index in [0.717, 1.165) is 28.3 Å². The van der Waals surface area contributed by atoms with E-state index in [1.54, 1.807) is 28.8 Å². The first-order chi connectivity index (χ1) is 14.9. The molecule has 0 aliphatic carbocycles. The quantitative estimate of drug-likeness (QED) is 0.478. The van der Waals surface area contributed by atoms with Crippen LogP contribution in [-0.4, -0.2) is 71.0 Å². The Hall–Kier alpha value is -2.87. The number of anilines is 1. The van der Waals surface area contributed by atoms with E-state index in [4.69, 9.17) is 5.11 Å². The molecule has 1 aliphatic heterocycles.